The van der Waals surface area contributed by atoms with Crippen LogP contribution in [0.25, 0.3) is 0 Å². The Morgan fingerprint density at radius 2 is 2.32 bits per heavy atom. The van der Waals surface area contributed by atoms with Gasteiger partial charge in [-0.2, -0.15) is 0 Å². The number of amides is 1. The summed E-state index contributed by atoms with van der Waals surface area (Å²) in [5.74, 6) is 0.690. The second kappa shape index (κ2) is 5.61. The van der Waals surface area contributed by atoms with Crippen LogP contribution in [-0.2, 0) is 11.2 Å². The van der Waals surface area contributed by atoms with E-state index in [1.807, 2.05) is 6.07 Å². The Labute approximate surface area is 113 Å². The van der Waals surface area contributed by atoms with E-state index in [0.717, 1.165) is 35.3 Å². The lowest BCUT2D eigenvalue weighted by Gasteiger charge is -2.29. The van der Waals surface area contributed by atoms with Crippen molar-refractivity contribution in [3.63, 3.8) is 0 Å². The van der Waals surface area contributed by atoms with Crippen molar-refractivity contribution >= 4 is 5.91 Å². The number of ether oxygens (including phenoxy) is 1. The highest BCUT2D eigenvalue weighted by Gasteiger charge is 2.26. The number of hydrogen-bond donors (Lipinski definition) is 2. The Hall–Kier alpha value is -1.55. The minimum atomic E-state index is -0.573. The fourth-order valence-electron chi connectivity index (χ4n) is 2.51. The summed E-state index contributed by atoms with van der Waals surface area (Å²) in [5.41, 5.74) is 2.94. The van der Waals surface area contributed by atoms with Crippen molar-refractivity contribution in [1.82, 2.24) is 5.32 Å². The monoisotopic (exact) mass is 263 g/mol. The number of nitrogens with one attached hydrogen (secondary N) is 1. The zero-order valence-electron chi connectivity index (χ0n) is 11.7. The molecule has 0 spiro atoms. The number of carbonyl (C=O) groups excluding carboxylic acids is 1. The van der Waals surface area contributed by atoms with Crippen LogP contribution in [0.5, 0.6) is 5.75 Å². The van der Waals surface area contributed by atoms with Gasteiger partial charge in [-0.25, -0.2) is 0 Å². The molecule has 4 nitrogen and oxygen atoms in total. The van der Waals surface area contributed by atoms with E-state index in [2.05, 4.69) is 18.3 Å². The normalized spacial score (nSPS) is 19.3. The largest absolute Gasteiger partial charge is 0.493 e. The lowest BCUT2D eigenvalue weighted by Crippen LogP contribution is -2.31. The van der Waals surface area contributed by atoms with Crippen LogP contribution in [0.15, 0.2) is 12.1 Å². The third-order valence-corrected chi connectivity index (χ3v) is 3.47. The minimum absolute atomic E-state index is 0.0229. The summed E-state index contributed by atoms with van der Waals surface area (Å²) in [6, 6.07) is 4.03. The van der Waals surface area contributed by atoms with Gasteiger partial charge in [0.05, 0.1) is 18.8 Å². The Morgan fingerprint density at radius 1 is 1.58 bits per heavy atom. The Balaban J connectivity index is 2.49. The first-order chi connectivity index (χ1) is 9.02. The Kier molecular flexibility index (Phi) is 4.10. The molecule has 1 aliphatic rings. The van der Waals surface area contributed by atoms with E-state index in [4.69, 9.17) is 4.74 Å². The van der Waals surface area contributed by atoms with Gasteiger partial charge in [-0.1, -0.05) is 13.0 Å². The SMILES string of the molecule is CCc1cc(C(C)O)c2c(c1)C(NC(C)=O)CCO2. The third kappa shape index (κ3) is 2.89. The van der Waals surface area contributed by atoms with E-state index >= 15 is 0 Å². The van der Waals surface area contributed by atoms with Crippen molar-refractivity contribution in [2.24, 2.45) is 0 Å². The Bertz CT molecular complexity index is 483. The molecule has 0 fully saturated rings. The molecule has 1 aliphatic heterocycles. The highest BCUT2D eigenvalue weighted by molar-refractivity contribution is 5.73. The molecule has 0 saturated carbocycles. The molecule has 1 aromatic rings. The van der Waals surface area contributed by atoms with Gasteiger partial charge in [-0.05, 0) is 25.0 Å². The predicted molar refractivity (Wildman–Crippen MR) is 73.1 cm³/mol. The van der Waals surface area contributed by atoms with Gasteiger partial charge in [0.2, 0.25) is 5.91 Å². The van der Waals surface area contributed by atoms with Gasteiger partial charge in [0.15, 0.2) is 0 Å². The van der Waals surface area contributed by atoms with Gasteiger partial charge in [-0.3, -0.25) is 4.79 Å². The summed E-state index contributed by atoms with van der Waals surface area (Å²) in [7, 11) is 0. The molecule has 0 bridgehead atoms. The zero-order chi connectivity index (χ0) is 14.0. The maximum atomic E-state index is 11.3. The number of carbonyl (C=O) groups is 1. The number of fused-ring (bicyclic) bond motifs is 1. The Morgan fingerprint density at radius 3 is 2.89 bits per heavy atom. The average molecular weight is 263 g/mol. The van der Waals surface area contributed by atoms with E-state index in [9.17, 15) is 9.90 Å². The number of benzene rings is 1. The van der Waals surface area contributed by atoms with Crippen molar-refractivity contribution in [3.05, 3.63) is 28.8 Å². The molecule has 1 heterocycles. The van der Waals surface area contributed by atoms with Crippen LogP contribution >= 0.6 is 0 Å². The van der Waals surface area contributed by atoms with Crippen molar-refractivity contribution in [2.75, 3.05) is 6.61 Å². The average Bonchev–Trinajstić information content (AvgIpc) is 2.37. The molecule has 0 aliphatic carbocycles. The fraction of sp³-hybridized carbons (Fsp3) is 0.533. The lowest BCUT2D eigenvalue weighted by atomic mass is 9.92. The van der Waals surface area contributed by atoms with E-state index in [0.29, 0.717) is 6.61 Å². The maximum Gasteiger partial charge on any atom is 0.217 e. The van der Waals surface area contributed by atoms with Gasteiger partial charge in [0.25, 0.3) is 0 Å². The molecule has 1 amide bonds. The number of aliphatic hydroxyl groups excluding tert-OH is 1. The summed E-state index contributed by atoms with van der Waals surface area (Å²) in [6.07, 6.45) is 1.08. The highest BCUT2D eigenvalue weighted by atomic mass is 16.5. The topological polar surface area (TPSA) is 58.6 Å². The number of hydrogen-bond acceptors (Lipinski definition) is 3. The molecule has 19 heavy (non-hydrogen) atoms. The molecule has 2 unspecified atom stereocenters. The first kappa shape index (κ1) is 13.9. The van der Waals surface area contributed by atoms with Crippen LogP contribution in [0.3, 0.4) is 0 Å². The summed E-state index contributed by atoms with van der Waals surface area (Å²) >= 11 is 0. The summed E-state index contributed by atoms with van der Waals surface area (Å²) in [6.45, 7) is 5.89. The van der Waals surface area contributed by atoms with E-state index in [1.54, 1.807) is 6.92 Å². The van der Waals surface area contributed by atoms with Crippen LogP contribution in [0, 0.1) is 0 Å². The molecule has 104 valence electrons. The maximum absolute atomic E-state index is 11.3. The molecule has 0 saturated heterocycles. The summed E-state index contributed by atoms with van der Waals surface area (Å²) in [4.78, 5) is 11.3. The first-order valence-corrected chi connectivity index (χ1v) is 6.77. The second-order valence-electron chi connectivity index (χ2n) is 5.02. The van der Waals surface area contributed by atoms with Crippen LogP contribution in [0.2, 0.25) is 0 Å². The lowest BCUT2D eigenvalue weighted by molar-refractivity contribution is -0.119. The van der Waals surface area contributed by atoms with Crippen LogP contribution in [0.1, 0.15) is 56.0 Å². The van der Waals surface area contributed by atoms with Gasteiger partial charge < -0.3 is 15.2 Å². The zero-order valence-corrected chi connectivity index (χ0v) is 11.7. The molecular weight excluding hydrogens is 242 g/mol. The number of aryl methyl sites for hydroxylation is 1. The van der Waals surface area contributed by atoms with Gasteiger partial charge >= 0.3 is 0 Å². The molecule has 2 rings (SSSR count). The summed E-state index contributed by atoms with van der Waals surface area (Å²) in [5, 5.41) is 12.9. The highest BCUT2D eigenvalue weighted by Crippen LogP contribution is 2.38. The van der Waals surface area contributed by atoms with E-state index < -0.39 is 6.10 Å². The fourth-order valence-corrected chi connectivity index (χ4v) is 2.51. The predicted octanol–water partition coefficient (Wildman–Crippen LogP) is 2.26. The number of rotatable bonds is 3. The third-order valence-electron chi connectivity index (χ3n) is 3.47. The van der Waals surface area contributed by atoms with Gasteiger partial charge in [-0.15, -0.1) is 0 Å². The molecule has 4 heteroatoms. The van der Waals surface area contributed by atoms with E-state index in [-0.39, 0.29) is 11.9 Å². The quantitative estimate of drug-likeness (QED) is 0.879. The number of aliphatic hydroxyl groups is 1. The standard InChI is InChI=1S/C15H21NO3/c1-4-11-7-12(9(2)17)15-13(8-11)14(5-6-19-15)16-10(3)18/h7-9,14,17H,4-6H2,1-3H3,(H,16,18). The van der Waals surface area contributed by atoms with E-state index in [1.165, 1.54) is 6.92 Å². The first-order valence-electron chi connectivity index (χ1n) is 6.77. The molecular formula is C15H21NO3. The second-order valence-corrected chi connectivity index (χ2v) is 5.02. The van der Waals surface area contributed by atoms with Gasteiger partial charge in [0.1, 0.15) is 5.75 Å². The minimum Gasteiger partial charge on any atom is -0.493 e. The van der Waals surface area contributed by atoms with Crippen molar-refractivity contribution < 1.29 is 14.6 Å². The molecule has 2 N–H and O–H groups in total. The van der Waals surface area contributed by atoms with Crippen LogP contribution in [0.4, 0.5) is 0 Å². The van der Waals surface area contributed by atoms with Crippen molar-refractivity contribution in [2.45, 2.75) is 45.8 Å². The van der Waals surface area contributed by atoms with Crippen molar-refractivity contribution in [3.8, 4) is 5.75 Å². The molecule has 1 aromatic carbocycles. The summed E-state index contributed by atoms with van der Waals surface area (Å²) < 4.78 is 5.72. The smallest absolute Gasteiger partial charge is 0.217 e. The molecule has 2 atom stereocenters. The van der Waals surface area contributed by atoms with Crippen LogP contribution in [-0.4, -0.2) is 17.6 Å². The van der Waals surface area contributed by atoms with Crippen LogP contribution < -0.4 is 10.1 Å². The molecule has 0 aromatic heterocycles. The van der Waals surface area contributed by atoms with Gasteiger partial charge in [0, 0.05) is 24.5 Å². The molecule has 0 radical (unpaired) electrons. The van der Waals surface area contributed by atoms with Crippen molar-refractivity contribution in [1.29, 1.82) is 0 Å².